The fourth-order valence-electron chi connectivity index (χ4n) is 9.07. The summed E-state index contributed by atoms with van der Waals surface area (Å²) in [5.74, 6) is -1.71. The Kier molecular flexibility index (Phi) is 12.0. The van der Waals surface area contributed by atoms with Crippen LogP contribution in [0.4, 0.5) is 18.9 Å². The number of piperazine rings is 1. The highest BCUT2D eigenvalue weighted by molar-refractivity contribution is 6.23. The molecule has 3 fully saturated rings. The van der Waals surface area contributed by atoms with Gasteiger partial charge in [0, 0.05) is 101 Å². The minimum Gasteiger partial charge on any atom is -0.406 e. The van der Waals surface area contributed by atoms with Gasteiger partial charge in [0.05, 0.1) is 11.1 Å². The highest BCUT2D eigenvalue weighted by atomic mass is 19.4. The average molecular weight is 831 g/mol. The Morgan fingerprint density at radius 1 is 0.783 bits per heavy atom. The first-order valence-electron chi connectivity index (χ1n) is 20.5. The number of amides is 4. The Morgan fingerprint density at radius 3 is 2.18 bits per heavy atom. The van der Waals surface area contributed by atoms with Crippen molar-refractivity contribution >= 4 is 40.2 Å². The van der Waals surface area contributed by atoms with E-state index < -0.39 is 36.0 Å². The molecule has 16 heteroatoms. The van der Waals surface area contributed by atoms with Crippen LogP contribution in [-0.2, 0) is 32.2 Å². The van der Waals surface area contributed by atoms with Crippen LogP contribution in [0.5, 0.6) is 5.75 Å². The maximum Gasteiger partial charge on any atom is 0.573 e. The number of nitrogens with zero attached hydrogens (tertiary/aromatic N) is 5. The number of hydrogen-bond donors (Lipinski definition) is 1. The molecule has 8 rings (SSSR count). The number of methoxy groups -OCH3 is 2. The Hall–Kier alpha value is -5.29. The third kappa shape index (κ3) is 8.92. The van der Waals surface area contributed by atoms with Gasteiger partial charge in [-0.1, -0.05) is 18.2 Å². The molecule has 13 nitrogen and oxygen atoms in total. The Morgan fingerprint density at radius 2 is 1.50 bits per heavy atom. The molecule has 4 amide bonds. The molecule has 4 aliphatic rings. The molecule has 3 saturated heterocycles. The highest BCUT2D eigenvalue weighted by Crippen LogP contribution is 2.35. The molecule has 0 bridgehead atoms. The van der Waals surface area contributed by atoms with E-state index in [0.29, 0.717) is 24.4 Å². The van der Waals surface area contributed by atoms with Crippen LogP contribution in [0, 0.1) is 5.92 Å². The molecule has 0 radical (unpaired) electrons. The van der Waals surface area contributed by atoms with E-state index in [1.807, 2.05) is 12.3 Å². The van der Waals surface area contributed by atoms with Gasteiger partial charge in [-0.15, -0.1) is 13.2 Å². The Bertz CT molecular complexity index is 2240. The molecule has 1 aromatic heterocycles. The van der Waals surface area contributed by atoms with Gasteiger partial charge in [0.15, 0.2) is 6.29 Å². The number of benzene rings is 3. The zero-order chi connectivity index (χ0) is 42.1. The minimum absolute atomic E-state index is 0.0804. The number of nitrogens with one attached hydrogen (secondary N) is 1. The average Bonchev–Trinajstić information content (AvgIpc) is 3.71. The summed E-state index contributed by atoms with van der Waals surface area (Å²) in [6.07, 6.45) is -0.0927. The van der Waals surface area contributed by atoms with Gasteiger partial charge in [-0.3, -0.25) is 39.2 Å². The Balaban J connectivity index is 0.855. The number of carbonyl (C=O) groups is 4. The van der Waals surface area contributed by atoms with Gasteiger partial charge in [0.25, 0.3) is 11.8 Å². The summed E-state index contributed by atoms with van der Waals surface area (Å²) >= 11 is 0. The van der Waals surface area contributed by atoms with Gasteiger partial charge in [-0.25, -0.2) is 0 Å². The third-order valence-corrected chi connectivity index (χ3v) is 12.3. The molecule has 0 aliphatic carbocycles. The number of imide groups is 2. The molecular weight excluding hydrogens is 782 g/mol. The van der Waals surface area contributed by atoms with Gasteiger partial charge < -0.3 is 23.7 Å². The number of aromatic nitrogens is 1. The van der Waals surface area contributed by atoms with Crippen LogP contribution in [0.25, 0.3) is 22.0 Å². The topological polar surface area (TPSA) is 126 Å². The zero-order valence-electron chi connectivity index (χ0n) is 33.7. The van der Waals surface area contributed by atoms with E-state index in [1.54, 1.807) is 38.5 Å². The van der Waals surface area contributed by atoms with Crippen LogP contribution in [0.3, 0.4) is 0 Å². The summed E-state index contributed by atoms with van der Waals surface area (Å²) in [5, 5.41) is 3.26. The number of ether oxygens (including phenoxy) is 3. The summed E-state index contributed by atoms with van der Waals surface area (Å²) in [5.41, 5.74) is 5.35. The van der Waals surface area contributed by atoms with Crippen LogP contribution in [0.1, 0.15) is 58.4 Å². The predicted octanol–water partition coefficient (Wildman–Crippen LogP) is 5.65. The van der Waals surface area contributed by atoms with E-state index in [4.69, 9.17) is 9.47 Å². The number of hydrogen-bond acceptors (Lipinski definition) is 10. The second-order valence-electron chi connectivity index (χ2n) is 16.0. The first-order valence-corrected chi connectivity index (χ1v) is 20.5. The summed E-state index contributed by atoms with van der Waals surface area (Å²) < 4.78 is 55.6. The predicted molar refractivity (Wildman–Crippen MR) is 216 cm³/mol. The first kappa shape index (κ1) is 41.4. The van der Waals surface area contributed by atoms with E-state index in [-0.39, 0.29) is 30.4 Å². The SMILES string of the molecule is COC(CCn1cc(-c2ccc(OC(F)(F)F)cc2)c2cc(CN3CCC(CN4CCN(c5ccc6c(c5)C(=O)N(C5CCC(=O)NC5=O)C6=O)CC4)CC3)ccc21)OC. The standard InChI is InChI=1S/C44H49F3N6O7/c1-58-40(59-2)15-18-52-27-36(30-4-7-32(8-5-30)60-44(45,46)47)34-23-29(3-10-37(34)52)26-49-16-13-28(14-17-49)25-50-19-21-51(22-20-50)31-6-9-33-35(24-31)43(57)53(42(33)56)38-11-12-39(54)48-41(38)55/h3-10,23-24,27-28,38,40H,11-22,25-26H2,1-2H3,(H,48,54,55). The van der Waals surface area contributed by atoms with Crippen molar-refractivity contribution < 1.29 is 46.6 Å². The van der Waals surface area contributed by atoms with Crippen LogP contribution < -0.4 is 15.0 Å². The number of rotatable bonds is 13. The van der Waals surface area contributed by atoms with Gasteiger partial charge in [-0.05, 0) is 91.9 Å². The molecule has 0 saturated carbocycles. The van der Waals surface area contributed by atoms with Crippen molar-refractivity contribution in [2.24, 2.45) is 5.92 Å². The van der Waals surface area contributed by atoms with Crippen molar-refractivity contribution in [2.75, 3.05) is 64.9 Å². The van der Waals surface area contributed by atoms with Crippen LogP contribution in [-0.4, -0.2) is 122 Å². The van der Waals surface area contributed by atoms with Crippen molar-refractivity contribution in [3.63, 3.8) is 0 Å². The van der Waals surface area contributed by atoms with Crippen molar-refractivity contribution in [2.45, 2.75) is 63.9 Å². The van der Waals surface area contributed by atoms with Crippen molar-refractivity contribution in [3.05, 3.63) is 83.6 Å². The van der Waals surface area contributed by atoms with E-state index in [0.717, 1.165) is 97.8 Å². The summed E-state index contributed by atoms with van der Waals surface area (Å²) in [7, 11) is 3.21. The molecule has 0 spiro atoms. The largest absolute Gasteiger partial charge is 0.573 e. The summed E-state index contributed by atoms with van der Waals surface area (Å²) in [6.45, 7) is 7.72. The lowest BCUT2D eigenvalue weighted by atomic mass is 9.95. The van der Waals surface area contributed by atoms with Gasteiger partial charge in [0.1, 0.15) is 11.8 Å². The maximum atomic E-state index is 13.4. The van der Waals surface area contributed by atoms with Crippen LogP contribution in [0.15, 0.2) is 66.9 Å². The molecule has 60 heavy (non-hydrogen) atoms. The maximum absolute atomic E-state index is 13.4. The molecule has 4 aliphatic heterocycles. The number of carbonyl (C=O) groups excluding carboxylic acids is 4. The van der Waals surface area contributed by atoms with Crippen molar-refractivity contribution in [1.82, 2.24) is 24.6 Å². The number of anilines is 1. The van der Waals surface area contributed by atoms with E-state index in [9.17, 15) is 32.3 Å². The summed E-state index contributed by atoms with van der Waals surface area (Å²) in [6, 6.07) is 16.8. The normalized spacial score (nSPS) is 19.8. The van der Waals surface area contributed by atoms with E-state index in [2.05, 4.69) is 47.5 Å². The molecule has 4 aromatic rings. The molecule has 1 N–H and O–H groups in total. The van der Waals surface area contributed by atoms with Crippen molar-refractivity contribution in [3.8, 4) is 16.9 Å². The summed E-state index contributed by atoms with van der Waals surface area (Å²) in [4.78, 5) is 58.8. The third-order valence-electron chi connectivity index (χ3n) is 12.3. The zero-order valence-corrected chi connectivity index (χ0v) is 33.7. The molecule has 1 atom stereocenters. The van der Waals surface area contributed by atoms with Crippen LogP contribution >= 0.6 is 0 Å². The second-order valence-corrected chi connectivity index (χ2v) is 16.0. The van der Waals surface area contributed by atoms with Crippen LogP contribution in [0.2, 0.25) is 0 Å². The molecule has 318 valence electrons. The number of likely N-dealkylation sites (tertiary alicyclic amines) is 1. The fourth-order valence-corrected chi connectivity index (χ4v) is 9.07. The number of fused-ring (bicyclic) bond motifs is 2. The first-order chi connectivity index (χ1) is 28.9. The molecule has 5 heterocycles. The quantitative estimate of drug-likeness (QED) is 0.134. The van der Waals surface area contributed by atoms with Gasteiger partial charge in [-0.2, -0.15) is 0 Å². The smallest absolute Gasteiger partial charge is 0.406 e. The lowest BCUT2D eigenvalue weighted by molar-refractivity contribution is -0.274. The minimum atomic E-state index is -4.76. The van der Waals surface area contributed by atoms with Crippen molar-refractivity contribution in [1.29, 1.82) is 0 Å². The lowest BCUT2D eigenvalue weighted by Gasteiger charge is -2.39. The fraction of sp³-hybridized carbons (Fsp3) is 0.455. The molecule has 3 aromatic carbocycles. The number of aryl methyl sites for hydroxylation is 1. The van der Waals surface area contributed by atoms with Gasteiger partial charge >= 0.3 is 6.36 Å². The highest BCUT2D eigenvalue weighted by Gasteiger charge is 2.45. The van der Waals surface area contributed by atoms with E-state index >= 15 is 0 Å². The number of alkyl halides is 3. The molecule has 1 unspecified atom stereocenters. The number of piperidine rings is 2. The van der Waals surface area contributed by atoms with Gasteiger partial charge in [0.2, 0.25) is 11.8 Å². The second kappa shape index (κ2) is 17.4. The Labute approximate surface area is 345 Å². The number of halogens is 3. The lowest BCUT2D eigenvalue weighted by Crippen LogP contribution is -2.54. The monoisotopic (exact) mass is 830 g/mol. The molecular formula is C44H49F3N6O7. The van der Waals surface area contributed by atoms with E-state index in [1.165, 1.54) is 17.7 Å².